The van der Waals surface area contributed by atoms with E-state index in [4.69, 9.17) is 18.3 Å². The number of amides is 1. The van der Waals surface area contributed by atoms with Crippen molar-refractivity contribution >= 4 is 46.7 Å². The van der Waals surface area contributed by atoms with Gasteiger partial charge in [0.15, 0.2) is 5.78 Å². The van der Waals surface area contributed by atoms with E-state index in [9.17, 15) is 22.6 Å². The number of aromatic nitrogens is 1. The van der Waals surface area contributed by atoms with E-state index in [0.29, 0.717) is 24.2 Å². The van der Waals surface area contributed by atoms with Gasteiger partial charge in [0.05, 0.1) is 36.7 Å². The molecule has 2 saturated carbocycles. The third kappa shape index (κ3) is 8.72. The van der Waals surface area contributed by atoms with Crippen molar-refractivity contribution < 1.29 is 40.9 Å². The highest BCUT2D eigenvalue weighted by Gasteiger charge is 2.45. The van der Waals surface area contributed by atoms with Crippen LogP contribution in [0.2, 0.25) is 0 Å². The van der Waals surface area contributed by atoms with Crippen molar-refractivity contribution in [3.05, 3.63) is 58.7 Å². The van der Waals surface area contributed by atoms with Gasteiger partial charge in [-0.2, -0.15) is 12.7 Å². The lowest BCUT2D eigenvalue weighted by molar-refractivity contribution is -0.126. The van der Waals surface area contributed by atoms with Crippen molar-refractivity contribution in [3.8, 4) is 17.0 Å². The fourth-order valence-electron chi connectivity index (χ4n) is 7.64. The molecule has 54 heavy (non-hydrogen) atoms. The van der Waals surface area contributed by atoms with Crippen molar-refractivity contribution in [1.82, 2.24) is 13.6 Å². The minimum atomic E-state index is -4.02. The van der Waals surface area contributed by atoms with Gasteiger partial charge in [-0.25, -0.2) is 9.29 Å². The minimum Gasteiger partial charge on any atom is -0.497 e. The molecule has 2 aliphatic carbocycles. The first-order chi connectivity index (χ1) is 25.2. The van der Waals surface area contributed by atoms with Crippen molar-refractivity contribution in [2.45, 2.75) is 116 Å². The predicted molar refractivity (Wildman–Crippen MR) is 210 cm³/mol. The van der Waals surface area contributed by atoms with Crippen LogP contribution < -0.4 is 9.46 Å². The maximum atomic E-state index is 14.5. The van der Waals surface area contributed by atoms with Crippen LogP contribution in [0.25, 0.3) is 28.2 Å². The molecule has 2 heterocycles. The Hall–Kier alpha value is -3.32. The summed E-state index contributed by atoms with van der Waals surface area (Å²) in [4.78, 5) is 27.8. The second kappa shape index (κ2) is 15.0. The highest BCUT2D eigenvalue weighted by atomic mass is 32.2. The molecule has 0 atom stereocenters. The van der Waals surface area contributed by atoms with Gasteiger partial charge in [-0.3, -0.25) is 23.2 Å². The fraction of sp³-hybridized carbons (Fsp3) is 0.550. The molecule has 0 spiro atoms. The van der Waals surface area contributed by atoms with Gasteiger partial charge in [-0.15, -0.1) is 0 Å². The number of nitrogens with one attached hydrogen (secondary N) is 1. The molecular formula is C40H54N3O9PS. The first-order valence-electron chi connectivity index (χ1n) is 18.7. The Kier molecular flexibility index (Phi) is 11.2. The van der Waals surface area contributed by atoms with E-state index >= 15 is 0 Å². The number of hydrogen-bond acceptors (Lipinski definition) is 9. The molecule has 0 unspecified atom stereocenters. The summed E-state index contributed by atoms with van der Waals surface area (Å²) in [6.07, 6.45) is 7.58. The number of carbonyl (C=O) groups is 2. The third-order valence-corrected chi connectivity index (χ3v) is 13.6. The minimum absolute atomic E-state index is 0.0492. The lowest BCUT2D eigenvalue weighted by Gasteiger charge is -2.38. The van der Waals surface area contributed by atoms with Crippen LogP contribution in [-0.4, -0.2) is 67.5 Å². The zero-order chi connectivity index (χ0) is 39.4. The number of phosphoric acid groups is 1. The Morgan fingerprint density at radius 3 is 2.17 bits per heavy atom. The second-order valence-electron chi connectivity index (χ2n) is 16.9. The number of fused-ring (bicyclic) bond motifs is 5. The van der Waals surface area contributed by atoms with E-state index in [1.807, 2.05) is 30.3 Å². The van der Waals surface area contributed by atoms with Gasteiger partial charge in [0, 0.05) is 47.6 Å². The molecule has 14 heteroatoms. The normalized spacial score (nSPS) is 19.8. The number of rotatable bonds is 11. The van der Waals surface area contributed by atoms with Crippen LogP contribution in [0.4, 0.5) is 0 Å². The van der Waals surface area contributed by atoms with Crippen LogP contribution in [0.5, 0.6) is 5.75 Å². The standard InChI is InChI=1S/C40H54N3O9PS/c1-39(2,3)51-53(46,52-40(4,5)6)50-31-21-28(22-31)37(44)29-19-27-20-30(49-9)16-18-32(27)36-35(25-13-11-10-12-14-25)33-17-15-26(23-34(33)43(36)24-29)38(45)41-54(47,48)42(7)8/h15-20,23,25,28,31H,10-14,21-22,24H2,1-9H3,(H,41,45). The van der Waals surface area contributed by atoms with Crippen LogP contribution in [-0.2, 0) is 39.7 Å². The summed E-state index contributed by atoms with van der Waals surface area (Å²) >= 11 is 0. The van der Waals surface area contributed by atoms with Crippen LogP contribution in [0, 0.1) is 5.92 Å². The molecule has 6 rings (SSSR count). The quantitative estimate of drug-likeness (QED) is 0.190. The fourth-order valence-corrected chi connectivity index (χ4v) is 10.2. The topological polar surface area (TPSA) is 142 Å². The summed E-state index contributed by atoms with van der Waals surface area (Å²) in [6.45, 7) is 10.9. The molecule has 294 valence electrons. The summed E-state index contributed by atoms with van der Waals surface area (Å²) in [5.74, 6) is -0.246. The van der Waals surface area contributed by atoms with Gasteiger partial charge in [0.1, 0.15) is 5.75 Å². The molecule has 2 fully saturated rings. The van der Waals surface area contributed by atoms with Gasteiger partial charge < -0.3 is 9.30 Å². The maximum Gasteiger partial charge on any atom is 0.476 e. The zero-order valence-corrected chi connectivity index (χ0v) is 34.6. The Bertz CT molecular complexity index is 2110. The smallest absolute Gasteiger partial charge is 0.476 e. The van der Waals surface area contributed by atoms with Gasteiger partial charge in [0.2, 0.25) is 0 Å². The van der Waals surface area contributed by atoms with Gasteiger partial charge in [-0.05, 0) is 121 Å². The molecule has 0 saturated heterocycles. The van der Waals surface area contributed by atoms with Gasteiger partial charge >= 0.3 is 18.0 Å². The van der Waals surface area contributed by atoms with Crippen LogP contribution in [0.1, 0.15) is 114 Å². The highest BCUT2D eigenvalue weighted by Crippen LogP contribution is 2.58. The zero-order valence-electron chi connectivity index (χ0n) is 32.9. The average Bonchev–Trinajstić information content (AvgIpc) is 3.26. The van der Waals surface area contributed by atoms with Crippen molar-refractivity contribution in [2.24, 2.45) is 5.92 Å². The van der Waals surface area contributed by atoms with E-state index in [2.05, 4.69) is 9.29 Å². The first-order valence-corrected chi connectivity index (χ1v) is 21.6. The van der Waals surface area contributed by atoms with Crippen LogP contribution in [0.3, 0.4) is 0 Å². The second-order valence-corrected chi connectivity index (χ2v) is 20.2. The molecule has 2 aromatic carbocycles. The third-order valence-electron chi connectivity index (χ3n) is 10.1. The number of hydrogen-bond donors (Lipinski definition) is 1. The molecule has 12 nitrogen and oxygen atoms in total. The molecule has 1 aliphatic heterocycles. The molecule has 3 aromatic rings. The van der Waals surface area contributed by atoms with Gasteiger partial charge in [-0.1, -0.05) is 25.3 Å². The van der Waals surface area contributed by atoms with Crippen LogP contribution >= 0.6 is 7.82 Å². The summed E-state index contributed by atoms with van der Waals surface area (Å²) in [6, 6.07) is 11.2. The van der Waals surface area contributed by atoms with Crippen LogP contribution in [0.15, 0.2) is 42.0 Å². The Balaban J connectivity index is 1.40. The number of carbonyl (C=O) groups excluding carboxylic acids is 2. The summed E-state index contributed by atoms with van der Waals surface area (Å²) in [7, 11) is -3.66. The average molecular weight is 784 g/mol. The van der Waals surface area contributed by atoms with E-state index in [-0.39, 0.29) is 29.7 Å². The maximum absolute atomic E-state index is 14.5. The number of ether oxygens (including phenoxy) is 1. The van der Waals surface area contributed by atoms with Crippen molar-refractivity contribution in [3.63, 3.8) is 0 Å². The number of ketones is 1. The Morgan fingerprint density at radius 2 is 1.57 bits per heavy atom. The molecular weight excluding hydrogens is 729 g/mol. The van der Waals surface area contributed by atoms with E-state index in [1.54, 1.807) is 60.8 Å². The predicted octanol–water partition coefficient (Wildman–Crippen LogP) is 8.40. The molecule has 1 aromatic heterocycles. The number of allylic oxidation sites excluding steroid dienone is 1. The molecule has 1 amide bonds. The van der Waals surface area contributed by atoms with E-state index < -0.39 is 41.2 Å². The molecule has 0 bridgehead atoms. The molecule has 0 radical (unpaired) electrons. The highest BCUT2D eigenvalue weighted by molar-refractivity contribution is 7.87. The monoisotopic (exact) mass is 783 g/mol. The Morgan fingerprint density at radius 1 is 0.926 bits per heavy atom. The summed E-state index contributed by atoms with van der Waals surface area (Å²) in [5.41, 5.74) is 3.91. The molecule has 1 N–H and O–H groups in total. The lowest BCUT2D eigenvalue weighted by atomic mass is 9.77. The van der Waals surface area contributed by atoms with Crippen molar-refractivity contribution in [2.75, 3.05) is 21.2 Å². The Labute approximate surface area is 319 Å². The first kappa shape index (κ1) is 40.3. The number of phosphoric ester groups is 1. The van der Waals surface area contributed by atoms with E-state index in [0.717, 1.165) is 57.7 Å². The number of nitrogens with zero attached hydrogens (tertiary/aromatic N) is 2. The lowest BCUT2D eigenvalue weighted by Crippen LogP contribution is -2.39. The summed E-state index contributed by atoms with van der Waals surface area (Å²) in [5, 5.41) is 0.977. The van der Waals surface area contributed by atoms with E-state index in [1.165, 1.54) is 26.1 Å². The number of benzene rings is 2. The van der Waals surface area contributed by atoms with Gasteiger partial charge in [0.25, 0.3) is 5.91 Å². The van der Waals surface area contributed by atoms with Crippen molar-refractivity contribution in [1.29, 1.82) is 0 Å². The SMILES string of the molecule is COc1ccc2c(c1)C=C(C(=O)C1CC(OP(=O)(OC(C)(C)C)OC(C)(C)C)C1)Cn1c-2c(C2CCCCC2)c2ccc(C(=O)NS(=O)(=O)N(C)C)cc21. The summed E-state index contributed by atoms with van der Waals surface area (Å²) < 4.78 is 67.5. The number of Topliss-reactive ketones (excluding diaryl/α,β-unsaturated/α-hetero) is 1. The molecule has 3 aliphatic rings. The largest absolute Gasteiger partial charge is 0.497 e. The number of methoxy groups -OCH3 is 1.